The van der Waals surface area contributed by atoms with Crippen LogP contribution in [0, 0.1) is 0 Å². The van der Waals surface area contributed by atoms with Crippen LogP contribution in [0.25, 0.3) is 0 Å². The van der Waals surface area contributed by atoms with Crippen LogP contribution in [0.15, 0.2) is 65.9 Å². The minimum atomic E-state index is 0. The molecule has 2 heterocycles. The van der Waals surface area contributed by atoms with Gasteiger partial charge in [-0.2, -0.15) is 5.10 Å². The largest absolute Gasteiger partial charge is 0.454 e. The van der Waals surface area contributed by atoms with Crippen molar-refractivity contribution < 1.29 is 9.47 Å². The van der Waals surface area contributed by atoms with Crippen LogP contribution in [0.3, 0.4) is 0 Å². The first-order chi connectivity index (χ1) is 13.8. The minimum Gasteiger partial charge on any atom is -0.454 e. The summed E-state index contributed by atoms with van der Waals surface area (Å²) in [5.74, 6) is 2.33. The summed E-state index contributed by atoms with van der Waals surface area (Å²) in [6.45, 7) is 2.39. The van der Waals surface area contributed by atoms with Crippen LogP contribution in [0.1, 0.15) is 16.7 Å². The normalized spacial score (nSPS) is 12.4. The van der Waals surface area contributed by atoms with Crippen molar-refractivity contribution in [1.29, 1.82) is 0 Å². The van der Waals surface area contributed by atoms with Crippen molar-refractivity contribution in [3.05, 3.63) is 77.6 Å². The molecule has 8 heteroatoms. The second-order valence-electron chi connectivity index (χ2n) is 6.49. The molecule has 0 fully saturated rings. The fourth-order valence-corrected chi connectivity index (χ4v) is 3.06. The Hall–Kier alpha value is -2.75. The van der Waals surface area contributed by atoms with Gasteiger partial charge >= 0.3 is 0 Å². The van der Waals surface area contributed by atoms with Crippen LogP contribution in [0.5, 0.6) is 11.5 Å². The summed E-state index contributed by atoms with van der Waals surface area (Å²) < 4.78 is 12.7. The fraction of sp³-hybridized carbons (Fsp3) is 0.238. The van der Waals surface area contributed by atoms with Crippen LogP contribution in [-0.2, 0) is 19.6 Å². The highest BCUT2D eigenvalue weighted by Crippen LogP contribution is 2.32. The third-order valence-corrected chi connectivity index (χ3v) is 4.48. The number of hydrogen-bond donors (Lipinski definition) is 2. The molecule has 2 aromatic carbocycles. The first kappa shape index (κ1) is 21.0. The van der Waals surface area contributed by atoms with E-state index in [2.05, 4.69) is 45.0 Å². The van der Waals surface area contributed by atoms with E-state index in [0.717, 1.165) is 29.6 Å². The van der Waals surface area contributed by atoms with E-state index in [1.165, 1.54) is 11.1 Å². The van der Waals surface area contributed by atoms with Gasteiger partial charge in [0.1, 0.15) is 0 Å². The van der Waals surface area contributed by atoms with E-state index in [1.54, 1.807) is 13.2 Å². The van der Waals surface area contributed by atoms with Gasteiger partial charge in [-0.15, -0.1) is 24.0 Å². The lowest BCUT2D eigenvalue weighted by molar-refractivity contribution is 0.174. The summed E-state index contributed by atoms with van der Waals surface area (Å²) in [4.78, 5) is 4.30. The molecule has 0 bridgehead atoms. The Morgan fingerprint density at radius 2 is 1.76 bits per heavy atom. The Labute approximate surface area is 187 Å². The van der Waals surface area contributed by atoms with Crippen molar-refractivity contribution in [2.75, 3.05) is 13.8 Å². The number of aromatic nitrogens is 2. The molecule has 0 radical (unpaired) electrons. The average molecular weight is 505 g/mol. The highest BCUT2D eigenvalue weighted by atomic mass is 127. The Kier molecular flexibility index (Phi) is 7.34. The van der Waals surface area contributed by atoms with Gasteiger partial charge in [0.25, 0.3) is 0 Å². The molecule has 0 saturated heterocycles. The predicted octanol–water partition coefficient (Wildman–Crippen LogP) is 3.14. The number of fused-ring (bicyclic) bond motifs is 1. The molecule has 0 amide bonds. The van der Waals surface area contributed by atoms with E-state index in [1.807, 2.05) is 35.1 Å². The average Bonchev–Trinajstić information content (AvgIpc) is 3.40. The molecule has 152 valence electrons. The molecule has 29 heavy (non-hydrogen) atoms. The van der Waals surface area contributed by atoms with E-state index in [9.17, 15) is 0 Å². The van der Waals surface area contributed by atoms with Gasteiger partial charge in [-0.1, -0.05) is 30.3 Å². The van der Waals surface area contributed by atoms with Crippen molar-refractivity contribution in [3.63, 3.8) is 0 Å². The summed E-state index contributed by atoms with van der Waals surface area (Å²) in [5.41, 5.74) is 3.51. The summed E-state index contributed by atoms with van der Waals surface area (Å²) in [7, 11) is 1.77. The zero-order chi connectivity index (χ0) is 19.2. The fourth-order valence-electron chi connectivity index (χ4n) is 3.06. The second-order valence-corrected chi connectivity index (χ2v) is 6.49. The van der Waals surface area contributed by atoms with Gasteiger partial charge in [0.2, 0.25) is 6.79 Å². The zero-order valence-corrected chi connectivity index (χ0v) is 18.5. The van der Waals surface area contributed by atoms with Crippen molar-refractivity contribution in [1.82, 2.24) is 20.4 Å². The highest BCUT2D eigenvalue weighted by molar-refractivity contribution is 14.0. The third-order valence-electron chi connectivity index (χ3n) is 4.48. The topological polar surface area (TPSA) is 72.7 Å². The number of nitrogens with one attached hydrogen (secondary N) is 2. The lowest BCUT2D eigenvalue weighted by Gasteiger charge is -2.13. The molecule has 1 aliphatic rings. The standard InChI is InChI=1S/C21H23N5O2.HI/c1-22-21(24-13-17-6-7-19-20(11-17)28-15-27-19)23-12-16-4-2-5-18(10-16)14-26-9-3-8-25-26;/h2-11H,12-15H2,1H3,(H2,22,23,24);1H. The number of nitrogens with zero attached hydrogens (tertiary/aromatic N) is 3. The van der Waals surface area contributed by atoms with Gasteiger partial charge in [0, 0.05) is 32.5 Å². The zero-order valence-electron chi connectivity index (χ0n) is 16.2. The maximum atomic E-state index is 5.42. The molecule has 7 nitrogen and oxygen atoms in total. The number of hydrogen-bond acceptors (Lipinski definition) is 4. The van der Waals surface area contributed by atoms with Crippen LogP contribution in [0.4, 0.5) is 0 Å². The van der Waals surface area contributed by atoms with E-state index < -0.39 is 0 Å². The van der Waals surface area contributed by atoms with Gasteiger partial charge in [-0.3, -0.25) is 9.67 Å². The van der Waals surface area contributed by atoms with E-state index in [0.29, 0.717) is 13.1 Å². The Morgan fingerprint density at radius 3 is 2.52 bits per heavy atom. The molecular formula is C21H24IN5O2. The first-order valence-electron chi connectivity index (χ1n) is 9.18. The molecule has 0 spiro atoms. The monoisotopic (exact) mass is 505 g/mol. The van der Waals surface area contributed by atoms with Gasteiger partial charge in [0.05, 0.1) is 6.54 Å². The number of benzene rings is 2. The number of guanidine groups is 1. The summed E-state index contributed by atoms with van der Waals surface area (Å²) in [5, 5.41) is 10.9. The molecule has 4 rings (SSSR count). The summed E-state index contributed by atoms with van der Waals surface area (Å²) in [6.07, 6.45) is 3.76. The Bertz CT molecular complexity index is 959. The van der Waals surface area contributed by atoms with Crippen LogP contribution in [-0.4, -0.2) is 29.6 Å². The molecule has 0 unspecified atom stereocenters. The number of aliphatic imine (C=N–C) groups is 1. The lowest BCUT2D eigenvalue weighted by Crippen LogP contribution is -2.36. The quantitative estimate of drug-likeness (QED) is 0.306. The smallest absolute Gasteiger partial charge is 0.231 e. The number of ether oxygens (including phenoxy) is 2. The second kappa shape index (κ2) is 10.1. The van der Waals surface area contributed by atoms with E-state index in [-0.39, 0.29) is 30.8 Å². The molecule has 3 aromatic rings. The maximum Gasteiger partial charge on any atom is 0.231 e. The van der Waals surface area contributed by atoms with E-state index in [4.69, 9.17) is 9.47 Å². The lowest BCUT2D eigenvalue weighted by atomic mass is 10.1. The molecule has 2 N–H and O–H groups in total. The first-order valence-corrected chi connectivity index (χ1v) is 9.18. The van der Waals surface area contributed by atoms with Crippen LogP contribution >= 0.6 is 24.0 Å². The predicted molar refractivity (Wildman–Crippen MR) is 123 cm³/mol. The van der Waals surface area contributed by atoms with E-state index >= 15 is 0 Å². The van der Waals surface area contributed by atoms with Gasteiger partial charge in [0.15, 0.2) is 17.5 Å². The molecule has 0 atom stereocenters. The third kappa shape index (κ3) is 5.63. The number of halogens is 1. The van der Waals surface area contributed by atoms with Crippen molar-refractivity contribution in [3.8, 4) is 11.5 Å². The highest BCUT2D eigenvalue weighted by Gasteiger charge is 2.13. The van der Waals surface area contributed by atoms with Gasteiger partial charge in [-0.05, 0) is 34.9 Å². The number of rotatable bonds is 6. The molecule has 0 saturated carbocycles. The Morgan fingerprint density at radius 1 is 1.00 bits per heavy atom. The summed E-state index contributed by atoms with van der Waals surface area (Å²) >= 11 is 0. The van der Waals surface area contributed by atoms with Crippen LogP contribution < -0.4 is 20.1 Å². The maximum absolute atomic E-state index is 5.42. The molecule has 1 aromatic heterocycles. The van der Waals surface area contributed by atoms with Gasteiger partial charge in [-0.25, -0.2) is 0 Å². The minimum absolute atomic E-state index is 0. The SMILES string of the molecule is CN=C(NCc1cccc(Cn2cccn2)c1)NCc1ccc2c(c1)OCO2.I. The summed E-state index contributed by atoms with van der Waals surface area (Å²) in [6, 6.07) is 16.3. The molecular weight excluding hydrogens is 481 g/mol. The van der Waals surface area contributed by atoms with Crippen LogP contribution in [0.2, 0.25) is 0 Å². The Balaban J connectivity index is 0.00000240. The molecule has 1 aliphatic heterocycles. The van der Waals surface area contributed by atoms with Crippen molar-refractivity contribution in [2.45, 2.75) is 19.6 Å². The van der Waals surface area contributed by atoms with Crippen molar-refractivity contribution in [2.24, 2.45) is 4.99 Å². The van der Waals surface area contributed by atoms with Gasteiger partial charge < -0.3 is 20.1 Å². The van der Waals surface area contributed by atoms with Crippen molar-refractivity contribution >= 4 is 29.9 Å². The molecule has 0 aliphatic carbocycles.